The molecule has 0 aliphatic carbocycles. The molecule has 1 aliphatic heterocycles. The Morgan fingerprint density at radius 2 is 1.84 bits per heavy atom. The van der Waals surface area contributed by atoms with Gasteiger partial charge in [-0.1, -0.05) is 48.5 Å². The molecule has 0 radical (unpaired) electrons. The number of ether oxygens (including phenoxy) is 2. The standard InChI is InChI=1S/C24H22N4O3/c29-24(25-13-18-14-30-21-8-4-5-9-22(21)31-18)28-23(16-6-2-1-3-7-16)17-10-11-19-20(12-17)27-15-26-19/h1-12,15,18,23H,13-14H2,(H,26,27)(H2,25,28,29)/t18-,23-/m0/s1. The van der Waals surface area contributed by atoms with Crippen LogP contribution in [0.25, 0.3) is 11.0 Å². The second kappa shape index (κ2) is 8.39. The van der Waals surface area contributed by atoms with Crippen molar-refractivity contribution in [3.05, 3.63) is 90.3 Å². The smallest absolute Gasteiger partial charge is 0.315 e. The number of rotatable bonds is 5. The number of fused-ring (bicyclic) bond motifs is 2. The molecule has 2 heterocycles. The highest BCUT2D eigenvalue weighted by Crippen LogP contribution is 2.30. The number of benzene rings is 3. The number of nitrogens with zero attached hydrogens (tertiary/aromatic N) is 1. The van der Waals surface area contributed by atoms with Crippen molar-refractivity contribution < 1.29 is 14.3 Å². The van der Waals surface area contributed by atoms with Crippen molar-refractivity contribution in [2.75, 3.05) is 13.2 Å². The number of H-pyrrole nitrogens is 1. The third-order valence-electron chi connectivity index (χ3n) is 5.24. The lowest BCUT2D eigenvalue weighted by molar-refractivity contribution is 0.0917. The van der Waals surface area contributed by atoms with E-state index in [0.717, 1.165) is 27.9 Å². The van der Waals surface area contributed by atoms with E-state index >= 15 is 0 Å². The van der Waals surface area contributed by atoms with E-state index in [-0.39, 0.29) is 18.2 Å². The van der Waals surface area contributed by atoms with E-state index < -0.39 is 0 Å². The number of hydrogen-bond acceptors (Lipinski definition) is 4. The topological polar surface area (TPSA) is 88.3 Å². The normalized spacial score (nSPS) is 15.9. The van der Waals surface area contributed by atoms with Gasteiger partial charge in [0.1, 0.15) is 6.61 Å². The Bertz CT molecular complexity index is 1190. The third-order valence-corrected chi connectivity index (χ3v) is 5.24. The van der Waals surface area contributed by atoms with E-state index in [1.54, 1.807) is 6.33 Å². The lowest BCUT2D eigenvalue weighted by atomic mass is 9.98. The van der Waals surface area contributed by atoms with Gasteiger partial charge in [-0.25, -0.2) is 9.78 Å². The summed E-state index contributed by atoms with van der Waals surface area (Å²) in [5.41, 5.74) is 3.76. The third kappa shape index (κ3) is 4.16. The zero-order valence-corrected chi connectivity index (χ0v) is 16.7. The first-order chi connectivity index (χ1) is 15.3. The summed E-state index contributed by atoms with van der Waals surface area (Å²) in [5.74, 6) is 1.41. The maximum atomic E-state index is 12.8. The lowest BCUT2D eigenvalue weighted by Gasteiger charge is -2.27. The van der Waals surface area contributed by atoms with Gasteiger partial charge in [0.2, 0.25) is 0 Å². The summed E-state index contributed by atoms with van der Waals surface area (Å²) in [6.07, 6.45) is 1.41. The van der Waals surface area contributed by atoms with Gasteiger partial charge in [-0.2, -0.15) is 0 Å². The Morgan fingerprint density at radius 3 is 2.71 bits per heavy atom. The molecule has 2 amide bonds. The molecule has 3 N–H and O–H groups in total. The molecule has 0 unspecified atom stereocenters. The van der Waals surface area contributed by atoms with Crippen molar-refractivity contribution in [2.45, 2.75) is 12.1 Å². The average molecular weight is 414 g/mol. The van der Waals surface area contributed by atoms with Crippen molar-refractivity contribution in [1.29, 1.82) is 0 Å². The van der Waals surface area contributed by atoms with Gasteiger partial charge in [0.15, 0.2) is 17.6 Å². The van der Waals surface area contributed by atoms with Crippen LogP contribution in [0.3, 0.4) is 0 Å². The first-order valence-corrected chi connectivity index (χ1v) is 10.2. The first-order valence-electron chi connectivity index (χ1n) is 10.2. The zero-order chi connectivity index (χ0) is 21.0. The minimum absolute atomic E-state index is 0.253. The molecule has 0 saturated carbocycles. The van der Waals surface area contributed by atoms with Crippen LogP contribution in [0.1, 0.15) is 17.2 Å². The Hall–Kier alpha value is -4.00. The van der Waals surface area contributed by atoms with E-state index in [2.05, 4.69) is 20.6 Å². The van der Waals surface area contributed by atoms with Crippen molar-refractivity contribution in [2.24, 2.45) is 0 Å². The van der Waals surface area contributed by atoms with Crippen LogP contribution in [0.4, 0.5) is 4.79 Å². The fourth-order valence-corrected chi connectivity index (χ4v) is 3.69. The first kappa shape index (κ1) is 19.0. The number of carbonyl (C=O) groups excluding carboxylic acids is 1. The second-order valence-corrected chi connectivity index (χ2v) is 7.37. The van der Waals surface area contributed by atoms with E-state index in [4.69, 9.17) is 9.47 Å². The van der Waals surface area contributed by atoms with Crippen LogP contribution in [-0.2, 0) is 0 Å². The number of carbonyl (C=O) groups is 1. The molecule has 0 saturated heterocycles. The minimum Gasteiger partial charge on any atom is -0.486 e. The molecule has 4 aromatic rings. The molecular weight excluding hydrogens is 392 g/mol. The number of urea groups is 1. The molecule has 7 heteroatoms. The quantitative estimate of drug-likeness (QED) is 0.464. The number of aromatic amines is 1. The van der Waals surface area contributed by atoms with Crippen LogP contribution in [0.2, 0.25) is 0 Å². The van der Waals surface area contributed by atoms with Crippen molar-refractivity contribution >= 4 is 17.1 Å². The molecular formula is C24H22N4O3. The summed E-state index contributed by atoms with van der Waals surface area (Å²) in [7, 11) is 0. The van der Waals surface area contributed by atoms with Crippen LogP contribution in [0.15, 0.2) is 79.1 Å². The summed E-state index contributed by atoms with van der Waals surface area (Å²) >= 11 is 0. The van der Waals surface area contributed by atoms with Gasteiger partial charge < -0.3 is 25.1 Å². The number of aromatic nitrogens is 2. The summed E-state index contributed by atoms with van der Waals surface area (Å²) in [5, 5.41) is 5.99. The monoisotopic (exact) mass is 414 g/mol. The number of amides is 2. The van der Waals surface area contributed by atoms with Crippen LogP contribution in [0, 0.1) is 0 Å². The van der Waals surface area contributed by atoms with E-state index in [0.29, 0.717) is 18.9 Å². The summed E-state index contributed by atoms with van der Waals surface area (Å²) < 4.78 is 11.6. The Kier molecular flexibility index (Phi) is 5.14. The molecule has 1 aliphatic rings. The maximum absolute atomic E-state index is 12.8. The Labute approximate surface area is 179 Å². The van der Waals surface area contributed by atoms with Gasteiger partial charge in [0.25, 0.3) is 0 Å². The summed E-state index contributed by atoms with van der Waals surface area (Å²) in [4.78, 5) is 20.2. The fourth-order valence-electron chi connectivity index (χ4n) is 3.69. The zero-order valence-electron chi connectivity index (χ0n) is 16.7. The van der Waals surface area contributed by atoms with Gasteiger partial charge in [-0.05, 0) is 35.4 Å². The van der Waals surface area contributed by atoms with Gasteiger partial charge in [0.05, 0.1) is 29.9 Å². The highest BCUT2D eigenvalue weighted by atomic mass is 16.6. The summed E-state index contributed by atoms with van der Waals surface area (Å²) in [6.45, 7) is 0.719. The van der Waals surface area contributed by atoms with E-state index in [1.807, 2.05) is 72.8 Å². The van der Waals surface area contributed by atoms with Crippen LogP contribution in [0.5, 0.6) is 11.5 Å². The number of imidazole rings is 1. The van der Waals surface area contributed by atoms with Crippen LogP contribution < -0.4 is 20.1 Å². The van der Waals surface area contributed by atoms with E-state index in [9.17, 15) is 4.79 Å². The van der Waals surface area contributed by atoms with Gasteiger partial charge in [0, 0.05) is 0 Å². The molecule has 2 atom stereocenters. The lowest BCUT2D eigenvalue weighted by Crippen LogP contribution is -2.45. The van der Waals surface area contributed by atoms with E-state index in [1.165, 1.54) is 0 Å². The van der Waals surface area contributed by atoms with Gasteiger partial charge in [-0.3, -0.25) is 0 Å². The number of nitrogens with one attached hydrogen (secondary N) is 3. The Morgan fingerprint density at radius 1 is 1.03 bits per heavy atom. The average Bonchev–Trinajstić information content (AvgIpc) is 3.29. The fraction of sp³-hybridized carbons (Fsp3) is 0.167. The molecule has 3 aromatic carbocycles. The number of hydrogen-bond donors (Lipinski definition) is 3. The number of para-hydroxylation sites is 2. The maximum Gasteiger partial charge on any atom is 0.315 e. The molecule has 5 rings (SSSR count). The van der Waals surface area contributed by atoms with Crippen LogP contribution in [-0.4, -0.2) is 35.3 Å². The minimum atomic E-state index is -0.307. The van der Waals surface area contributed by atoms with Gasteiger partial charge >= 0.3 is 6.03 Å². The molecule has 7 nitrogen and oxygen atoms in total. The van der Waals surface area contributed by atoms with Crippen LogP contribution >= 0.6 is 0 Å². The highest BCUT2D eigenvalue weighted by molar-refractivity contribution is 5.77. The molecule has 0 fully saturated rings. The highest BCUT2D eigenvalue weighted by Gasteiger charge is 2.22. The molecule has 156 valence electrons. The summed E-state index contributed by atoms with van der Waals surface area (Å²) in [6, 6.07) is 22.7. The predicted octanol–water partition coefficient (Wildman–Crippen LogP) is 3.79. The van der Waals surface area contributed by atoms with Crippen molar-refractivity contribution in [3.8, 4) is 11.5 Å². The largest absolute Gasteiger partial charge is 0.486 e. The second-order valence-electron chi connectivity index (χ2n) is 7.37. The Balaban J connectivity index is 1.28. The van der Waals surface area contributed by atoms with Gasteiger partial charge in [-0.15, -0.1) is 0 Å². The molecule has 0 spiro atoms. The van der Waals surface area contributed by atoms with Crippen molar-refractivity contribution in [3.63, 3.8) is 0 Å². The molecule has 31 heavy (non-hydrogen) atoms. The predicted molar refractivity (Wildman–Crippen MR) is 117 cm³/mol. The SMILES string of the molecule is O=C(NC[C@H]1COc2ccccc2O1)N[C@@H](c1ccccc1)c1ccc2nc[nH]c2c1. The molecule has 0 bridgehead atoms. The molecule has 1 aromatic heterocycles. The van der Waals surface area contributed by atoms with Crippen molar-refractivity contribution in [1.82, 2.24) is 20.6 Å².